The molecule has 0 aliphatic heterocycles. The number of nitrogens with two attached hydrogens (primary N) is 1. The molecule has 0 fully saturated rings. The van der Waals surface area contributed by atoms with E-state index in [-0.39, 0.29) is 5.04 Å². The van der Waals surface area contributed by atoms with Crippen LogP contribution in [0.4, 0.5) is 5.69 Å². The standard InChI is InChI=1S/C14H25NOSi/c1-11-8-7-9-13(15)12(11)10-16-17(5,6)14(2,3)4/h7-9H,10,15H2,1-6H3. The van der Waals surface area contributed by atoms with Crippen LogP contribution in [0, 0.1) is 6.92 Å². The van der Waals surface area contributed by atoms with E-state index in [1.165, 1.54) is 5.56 Å². The minimum atomic E-state index is -1.69. The van der Waals surface area contributed by atoms with Gasteiger partial charge in [-0.3, -0.25) is 0 Å². The van der Waals surface area contributed by atoms with Gasteiger partial charge in [0.15, 0.2) is 8.32 Å². The van der Waals surface area contributed by atoms with Crippen molar-refractivity contribution in [3.8, 4) is 0 Å². The van der Waals surface area contributed by atoms with Crippen molar-refractivity contribution >= 4 is 14.0 Å². The van der Waals surface area contributed by atoms with Crippen molar-refractivity contribution < 1.29 is 4.43 Å². The van der Waals surface area contributed by atoms with Gasteiger partial charge in [-0.1, -0.05) is 32.9 Å². The second kappa shape index (κ2) is 4.82. The van der Waals surface area contributed by atoms with E-state index in [2.05, 4.69) is 46.9 Å². The molecule has 0 unspecified atom stereocenters. The Morgan fingerprint density at radius 2 is 1.82 bits per heavy atom. The highest BCUT2D eigenvalue weighted by Gasteiger charge is 2.37. The Kier molecular flexibility index (Phi) is 4.05. The summed E-state index contributed by atoms with van der Waals surface area (Å²) in [4.78, 5) is 0. The lowest BCUT2D eigenvalue weighted by Crippen LogP contribution is -2.40. The third-order valence-corrected chi connectivity index (χ3v) is 8.31. The molecular weight excluding hydrogens is 226 g/mol. The average Bonchev–Trinajstić information content (AvgIpc) is 2.15. The monoisotopic (exact) mass is 251 g/mol. The molecule has 0 saturated heterocycles. The summed E-state index contributed by atoms with van der Waals surface area (Å²) in [7, 11) is -1.69. The maximum atomic E-state index is 6.20. The van der Waals surface area contributed by atoms with Gasteiger partial charge >= 0.3 is 0 Å². The molecule has 0 atom stereocenters. The summed E-state index contributed by atoms with van der Waals surface area (Å²) in [6.07, 6.45) is 0. The summed E-state index contributed by atoms with van der Waals surface area (Å²) in [5.74, 6) is 0. The quantitative estimate of drug-likeness (QED) is 0.648. The number of anilines is 1. The fraction of sp³-hybridized carbons (Fsp3) is 0.571. The van der Waals surface area contributed by atoms with Crippen LogP contribution in [0.3, 0.4) is 0 Å². The molecule has 0 heterocycles. The van der Waals surface area contributed by atoms with Crippen LogP contribution >= 0.6 is 0 Å². The van der Waals surface area contributed by atoms with E-state index in [4.69, 9.17) is 10.2 Å². The third-order valence-electron chi connectivity index (χ3n) is 3.83. The second-order valence-electron chi connectivity index (χ2n) is 6.19. The molecule has 0 aliphatic carbocycles. The molecule has 17 heavy (non-hydrogen) atoms. The fourth-order valence-electron chi connectivity index (χ4n) is 1.39. The predicted octanol–water partition coefficient (Wildman–Crippen LogP) is 4.10. The molecule has 0 aromatic heterocycles. The molecule has 1 rings (SSSR count). The highest BCUT2D eigenvalue weighted by molar-refractivity contribution is 6.74. The van der Waals surface area contributed by atoms with E-state index in [9.17, 15) is 0 Å². The molecule has 96 valence electrons. The van der Waals surface area contributed by atoms with Gasteiger partial charge in [-0.25, -0.2) is 0 Å². The highest BCUT2D eigenvalue weighted by Crippen LogP contribution is 2.37. The molecule has 0 bridgehead atoms. The first kappa shape index (κ1) is 14.3. The SMILES string of the molecule is Cc1cccc(N)c1CO[Si](C)(C)C(C)(C)C. The molecule has 1 aromatic carbocycles. The van der Waals surface area contributed by atoms with Crippen LogP contribution in [0.1, 0.15) is 31.9 Å². The van der Waals surface area contributed by atoms with E-state index < -0.39 is 8.32 Å². The van der Waals surface area contributed by atoms with E-state index in [1.807, 2.05) is 12.1 Å². The number of hydrogen-bond donors (Lipinski definition) is 1. The van der Waals surface area contributed by atoms with Crippen molar-refractivity contribution in [3.05, 3.63) is 29.3 Å². The maximum absolute atomic E-state index is 6.20. The Morgan fingerprint density at radius 3 is 2.29 bits per heavy atom. The number of aryl methyl sites for hydroxylation is 1. The van der Waals surface area contributed by atoms with Crippen LogP contribution in [0.15, 0.2) is 18.2 Å². The van der Waals surface area contributed by atoms with Gasteiger partial charge in [0.25, 0.3) is 0 Å². The van der Waals surface area contributed by atoms with Gasteiger partial charge in [-0.2, -0.15) is 0 Å². The Morgan fingerprint density at radius 1 is 1.24 bits per heavy atom. The summed E-state index contributed by atoms with van der Waals surface area (Å²) in [5, 5.41) is 0.241. The molecule has 0 radical (unpaired) electrons. The minimum Gasteiger partial charge on any atom is -0.412 e. The van der Waals surface area contributed by atoms with Gasteiger partial charge in [0.1, 0.15) is 0 Å². The molecule has 1 aromatic rings. The van der Waals surface area contributed by atoms with Crippen LogP contribution in [0.5, 0.6) is 0 Å². The zero-order valence-electron chi connectivity index (χ0n) is 11.9. The normalized spacial score (nSPS) is 12.8. The lowest BCUT2D eigenvalue weighted by atomic mass is 10.1. The summed E-state index contributed by atoms with van der Waals surface area (Å²) < 4.78 is 6.20. The fourth-order valence-corrected chi connectivity index (χ4v) is 2.33. The van der Waals surface area contributed by atoms with Crippen LogP contribution in [0.25, 0.3) is 0 Å². The minimum absolute atomic E-state index is 0.241. The van der Waals surface area contributed by atoms with Gasteiger partial charge in [-0.05, 0) is 36.7 Å². The summed E-state index contributed by atoms with van der Waals surface area (Å²) in [6, 6.07) is 6.01. The van der Waals surface area contributed by atoms with E-state index in [0.717, 1.165) is 11.3 Å². The summed E-state index contributed by atoms with van der Waals surface area (Å²) in [6.45, 7) is 14.0. The van der Waals surface area contributed by atoms with Gasteiger partial charge in [-0.15, -0.1) is 0 Å². The van der Waals surface area contributed by atoms with Crippen molar-refractivity contribution in [2.75, 3.05) is 5.73 Å². The van der Waals surface area contributed by atoms with E-state index in [1.54, 1.807) is 0 Å². The van der Waals surface area contributed by atoms with Crippen molar-refractivity contribution in [3.63, 3.8) is 0 Å². The topological polar surface area (TPSA) is 35.2 Å². The number of hydrogen-bond acceptors (Lipinski definition) is 2. The smallest absolute Gasteiger partial charge is 0.192 e. The number of rotatable bonds is 3. The van der Waals surface area contributed by atoms with Crippen LogP contribution in [0.2, 0.25) is 18.1 Å². The first-order valence-electron chi connectivity index (χ1n) is 6.13. The van der Waals surface area contributed by atoms with E-state index >= 15 is 0 Å². The maximum Gasteiger partial charge on any atom is 0.192 e. The molecule has 2 N–H and O–H groups in total. The van der Waals surface area contributed by atoms with Crippen molar-refractivity contribution in [1.29, 1.82) is 0 Å². The molecule has 0 saturated carbocycles. The molecule has 0 amide bonds. The first-order chi connectivity index (χ1) is 7.65. The average molecular weight is 251 g/mol. The Labute approximate surface area is 106 Å². The second-order valence-corrected chi connectivity index (χ2v) is 11.0. The van der Waals surface area contributed by atoms with Gasteiger partial charge < -0.3 is 10.2 Å². The molecule has 2 nitrogen and oxygen atoms in total. The van der Waals surface area contributed by atoms with Gasteiger partial charge in [0, 0.05) is 11.3 Å². The number of nitrogen functional groups attached to an aromatic ring is 1. The van der Waals surface area contributed by atoms with Gasteiger partial charge in [0.2, 0.25) is 0 Å². The largest absolute Gasteiger partial charge is 0.412 e. The first-order valence-corrected chi connectivity index (χ1v) is 9.04. The Hall–Kier alpha value is -0.803. The lowest BCUT2D eigenvalue weighted by molar-refractivity contribution is 0.276. The van der Waals surface area contributed by atoms with Crippen molar-refractivity contribution in [1.82, 2.24) is 0 Å². The van der Waals surface area contributed by atoms with Crippen molar-refractivity contribution in [2.45, 2.75) is 52.4 Å². The Bertz CT molecular complexity index is 373. The Balaban J connectivity index is 2.81. The summed E-state index contributed by atoms with van der Waals surface area (Å²) >= 11 is 0. The number of benzene rings is 1. The van der Waals surface area contributed by atoms with Crippen molar-refractivity contribution in [2.24, 2.45) is 0 Å². The zero-order chi connectivity index (χ0) is 13.3. The van der Waals surface area contributed by atoms with Crippen LogP contribution in [-0.4, -0.2) is 8.32 Å². The molecule has 0 spiro atoms. The van der Waals surface area contributed by atoms with Crippen LogP contribution < -0.4 is 5.73 Å². The highest BCUT2D eigenvalue weighted by atomic mass is 28.4. The van der Waals surface area contributed by atoms with E-state index in [0.29, 0.717) is 6.61 Å². The predicted molar refractivity (Wildman–Crippen MR) is 77.6 cm³/mol. The zero-order valence-corrected chi connectivity index (χ0v) is 12.9. The molecular formula is C14H25NOSi. The third kappa shape index (κ3) is 3.33. The lowest BCUT2D eigenvalue weighted by Gasteiger charge is -2.36. The summed E-state index contributed by atoms with van der Waals surface area (Å²) in [5.41, 5.74) is 9.18. The van der Waals surface area contributed by atoms with Gasteiger partial charge in [0.05, 0.1) is 6.61 Å². The molecule has 3 heteroatoms. The van der Waals surface area contributed by atoms with Crippen LogP contribution in [-0.2, 0) is 11.0 Å². The molecule has 0 aliphatic rings.